The van der Waals surface area contributed by atoms with Crippen LogP contribution in [0.25, 0.3) is 22.2 Å². The van der Waals surface area contributed by atoms with Crippen molar-refractivity contribution in [2.45, 2.75) is 13.1 Å². The van der Waals surface area contributed by atoms with Gasteiger partial charge in [-0.15, -0.1) is 0 Å². The molecule has 0 aromatic carbocycles. The van der Waals surface area contributed by atoms with Crippen molar-refractivity contribution in [1.29, 1.82) is 0 Å². The van der Waals surface area contributed by atoms with Gasteiger partial charge in [-0.3, -0.25) is 0 Å². The number of azide groups is 1. The van der Waals surface area contributed by atoms with Gasteiger partial charge in [-0.25, -0.2) is 9.78 Å². The summed E-state index contributed by atoms with van der Waals surface area (Å²) in [6.45, 7) is 1.62. The van der Waals surface area contributed by atoms with Crippen LogP contribution in [0.1, 0.15) is 18.2 Å². The Labute approximate surface area is 127 Å². The first-order valence-electron chi connectivity index (χ1n) is 6.35. The Morgan fingerprint density at radius 1 is 1.57 bits per heavy atom. The largest absolute Gasteiger partial charge is 0.462 e. The number of carbonyl (C=O) groups is 1. The summed E-state index contributed by atoms with van der Waals surface area (Å²) in [7, 11) is 0. The Hall–Kier alpha value is -3.00. The van der Waals surface area contributed by atoms with Crippen LogP contribution in [-0.4, -0.2) is 22.0 Å². The number of hydrogen-bond acceptors (Lipinski definition) is 4. The fourth-order valence-electron chi connectivity index (χ4n) is 1.81. The third-order valence-corrected chi connectivity index (χ3v) is 2.73. The summed E-state index contributed by atoms with van der Waals surface area (Å²) < 4.78 is 44.1. The molecule has 2 aromatic rings. The lowest BCUT2D eigenvalue weighted by atomic mass is 10.2. The smallest absolute Gasteiger partial charge is 0.434 e. The number of imidazole rings is 1. The average Bonchev–Trinajstić information content (AvgIpc) is 2.92. The normalized spacial score (nSPS) is 12.1. The Morgan fingerprint density at radius 3 is 2.91 bits per heavy atom. The van der Waals surface area contributed by atoms with Gasteiger partial charge in [0.25, 0.3) is 0 Å². The third-order valence-electron chi connectivity index (χ3n) is 2.73. The van der Waals surface area contributed by atoms with E-state index in [9.17, 15) is 18.0 Å². The van der Waals surface area contributed by atoms with Crippen molar-refractivity contribution in [1.82, 2.24) is 9.38 Å². The van der Waals surface area contributed by atoms with E-state index in [0.717, 1.165) is 16.7 Å². The fraction of sp³-hybridized carbons (Fsp3) is 0.231. The molecule has 0 fully saturated rings. The van der Waals surface area contributed by atoms with Gasteiger partial charge in [0.1, 0.15) is 11.3 Å². The minimum atomic E-state index is -4.60. The first kappa shape index (κ1) is 16.4. The molecule has 0 bridgehead atoms. The lowest BCUT2D eigenvalue weighted by Crippen LogP contribution is -2.05. The molecule has 10 heteroatoms. The number of fused-ring (bicyclic) bond motifs is 1. The van der Waals surface area contributed by atoms with Crippen LogP contribution in [0, 0.1) is 0 Å². The summed E-state index contributed by atoms with van der Waals surface area (Å²) in [5.41, 5.74) is 7.20. The van der Waals surface area contributed by atoms with Crippen LogP contribution in [0.15, 0.2) is 35.3 Å². The van der Waals surface area contributed by atoms with Crippen LogP contribution < -0.4 is 0 Å². The second kappa shape index (κ2) is 6.41. The van der Waals surface area contributed by atoms with Gasteiger partial charge in [0.05, 0.1) is 6.61 Å². The summed E-state index contributed by atoms with van der Waals surface area (Å²) in [6.07, 6.45) is -1.27. The molecule has 7 nitrogen and oxygen atoms in total. The molecule has 0 aliphatic heterocycles. The van der Waals surface area contributed by atoms with Crippen molar-refractivity contribution in [3.05, 3.63) is 51.9 Å². The van der Waals surface area contributed by atoms with E-state index in [1.54, 1.807) is 6.92 Å². The van der Waals surface area contributed by atoms with Gasteiger partial charge in [-0.05, 0) is 30.7 Å². The zero-order chi connectivity index (χ0) is 17.0. The fourth-order valence-corrected chi connectivity index (χ4v) is 1.81. The van der Waals surface area contributed by atoms with Gasteiger partial charge in [0.15, 0.2) is 5.69 Å². The van der Waals surface area contributed by atoms with E-state index in [1.165, 1.54) is 18.3 Å². The summed E-state index contributed by atoms with van der Waals surface area (Å²) in [6, 6.07) is 2.91. The second-order valence-electron chi connectivity index (χ2n) is 4.26. The maximum Gasteiger partial charge on any atom is 0.434 e. The van der Waals surface area contributed by atoms with E-state index in [0.29, 0.717) is 0 Å². The van der Waals surface area contributed by atoms with E-state index >= 15 is 0 Å². The zero-order valence-electron chi connectivity index (χ0n) is 11.8. The first-order chi connectivity index (χ1) is 10.9. The van der Waals surface area contributed by atoms with Crippen molar-refractivity contribution in [2.24, 2.45) is 5.11 Å². The molecule has 0 aliphatic carbocycles. The average molecular weight is 325 g/mol. The first-order valence-corrected chi connectivity index (χ1v) is 6.35. The third kappa shape index (κ3) is 3.61. The van der Waals surface area contributed by atoms with E-state index in [1.807, 2.05) is 0 Å². The molecule has 2 heterocycles. The van der Waals surface area contributed by atoms with Crippen LogP contribution in [0.4, 0.5) is 13.2 Å². The molecule has 120 valence electrons. The molecule has 0 N–H and O–H groups in total. The predicted molar refractivity (Wildman–Crippen MR) is 74.0 cm³/mol. The van der Waals surface area contributed by atoms with Crippen molar-refractivity contribution in [3.8, 4) is 0 Å². The van der Waals surface area contributed by atoms with Gasteiger partial charge >= 0.3 is 12.1 Å². The van der Waals surface area contributed by atoms with E-state index < -0.39 is 17.8 Å². The predicted octanol–water partition coefficient (Wildman–Crippen LogP) is 3.57. The van der Waals surface area contributed by atoms with E-state index in [2.05, 4.69) is 15.0 Å². The highest BCUT2D eigenvalue weighted by Crippen LogP contribution is 2.29. The highest BCUT2D eigenvalue weighted by Gasteiger charge is 2.34. The summed E-state index contributed by atoms with van der Waals surface area (Å²) in [5, 5.41) is 3.21. The maximum absolute atomic E-state index is 12.7. The quantitative estimate of drug-likeness (QED) is 0.283. The highest BCUT2D eigenvalue weighted by molar-refractivity contribution is 5.94. The van der Waals surface area contributed by atoms with Crippen LogP contribution >= 0.6 is 0 Å². The van der Waals surface area contributed by atoms with Crippen LogP contribution in [0.2, 0.25) is 0 Å². The number of halogens is 3. The van der Waals surface area contributed by atoms with Gasteiger partial charge in [-0.2, -0.15) is 13.2 Å². The van der Waals surface area contributed by atoms with Crippen molar-refractivity contribution in [2.75, 3.05) is 6.61 Å². The lowest BCUT2D eigenvalue weighted by Gasteiger charge is -2.02. The zero-order valence-corrected chi connectivity index (χ0v) is 11.8. The maximum atomic E-state index is 12.7. The standard InChI is InChI=1S/C13H10F3N5O2/c1-2-23-12(22)9(19-20-17)6-8-4-3-5-21-7-10(13(14,15)16)18-11(8)21/h3-7H,2H2,1H3. The molecular formula is C13H10F3N5O2. The minimum absolute atomic E-state index is 0.0326. The number of nitrogens with zero attached hydrogens (tertiary/aromatic N) is 5. The molecule has 0 radical (unpaired) electrons. The molecule has 0 saturated heterocycles. The number of carbonyl (C=O) groups excluding carboxylic acids is 1. The van der Waals surface area contributed by atoms with E-state index in [-0.39, 0.29) is 23.5 Å². The number of rotatable bonds is 4. The second-order valence-corrected chi connectivity index (χ2v) is 4.26. The molecule has 0 amide bonds. The van der Waals surface area contributed by atoms with Crippen molar-refractivity contribution < 1.29 is 22.7 Å². The van der Waals surface area contributed by atoms with Crippen molar-refractivity contribution >= 4 is 17.7 Å². The number of alkyl halides is 3. The van der Waals surface area contributed by atoms with Gasteiger partial charge in [0, 0.05) is 22.9 Å². The lowest BCUT2D eigenvalue weighted by molar-refractivity contribution is -0.141. The minimum Gasteiger partial charge on any atom is -0.462 e. The highest BCUT2D eigenvalue weighted by atomic mass is 19.4. The number of hydrogen-bond donors (Lipinski definition) is 0. The van der Waals surface area contributed by atoms with Gasteiger partial charge < -0.3 is 9.14 Å². The summed E-state index contributed by atoms with van der Waals surface area (Å²) in [4.78, 5) is 17.7. The molecule has 0 spiro atoms. The summed E-state index contributed by atoms with van der Waals surface area (Å²) in [5.74, 6) is -0.880. The molecular weight excluding hydrogens is 315 g/mol. The topological polar surface area (TPSA) is 92.4 Å². The Bertz CT molecular complexity index is 819. The van der Waals surface area contributed by atoms with E-state index in [4.69, 9.17) is 10.3 Å². The molecule has 2 aromatic heterocycles. The Kier molecular flexibility index (Phi) is 4.56. The molecule has 23 heavy (non-hydrogen) atoms. The van der Waals surface area contributed by atoms with Gasteiger partial charge in [-0.1, -0.05) is 5.11 Å². The van der Waals surface area contributed by atoms with Crippen LogP contribution in [0.3, 0.4) is 0 Å². The molecule has 0 saturated carbocycles. The molecule has 0 aliphatic rings. The van der Waals surface area contributed by atoms with Crippen LogP contribution in [-0.2, 0) is 15.7 Å². The summed E-state index contributed by atoms with van der Waals surface area (Å²) >= 11 is 0. The monoisotopic (exact) mass is 325 g/mol. The SMILES string of the molecule is CCOC(=O)C(=Cc1cccn2cc(C(F)(F)F)nc12)N=[N+]=[N-]. The number of pyridine rings is 1. The number of aromatic nitrogens is 2. The number of ether oxygens (including phenoxy) is 1. The molecule has 0 unspecified atom stereocenters. The molecule has 0 atom stereocenters. The van der Waals surface area contributed by atoms with Crippen LogP contribution in [0.5, 0.6) is 0 Å². The Balaban J connectivity index is 2.57. The van der Waals surface area contributed by atoms with Crippen molar-refractivity contribution in [3.63, 3.8) is 0 Å². The van der Waals surface area contributed by atoms with Gasteiger partial charge in [0.2, 0.25) is 0 Å². The molecule has 2 rings (SSSR count). The number of esters is 1. The Morgan fingerprint density at radius 2 is 2.30 bits per heavy atom.